The van der Waals surface area contributed by atoms with E-state index in [-0.39, 0.29) is 11.7 Å². The predicted octanol–water partition coefficient (Wildman–Crippen LogP) is 4.97. The number of para-hydroxylation sites is 1. The van der Waals surface area contributed by atoms with Crippen molar-refractivity contribution in [3.63, 3.8) is 0 Å². The quantitative estimate of drug-likeness (QED) is 0.581. The van der Waals surface area contributed by atoms with E-state index in [0.717, 1.165) is 21.3 Å². The molecule has 128 valence electrons. The first-order valence-corrected chi connectivity index (χ1v) is 9.63. The number of benzene rings is 2. The van der Waals surface area contributed by atoms with Crippen LogP contribution in [0.4, 0.5) is 16.5 Å². The highest BCUT2D eigenvalue weighted by atomic mass is 35.5. The van der Waals surface area contributed by atoms with Gasteiger partial charge in [0.25, 0.3) is 0 Å². The number of anilines is 3. The van der Waals surface area contributed by atoms with Gasteiger partial charge in [0.15, 0.2) is 4.34 Å². The molecule has 1 heterocycles. The van der Waals surface area contributed by atoms with Crippen molar-refractivity contribution in [1.82, 2.24) is 10.2 Å². The van der Waals surface area contributed by atoms with E-state index in [1.165, 1.54) is 23.1 Å². The summed E-state index contributed by atoms with van der Waals surface area (Å²) in [7, 11) is 0. The molecule has 1 aromatic heterocycles. The van der Waals surface area contributed by atoms with Crippen molar-refractivity contribution in [3.8, 4) is 0 Å². The maximum Gasteiger partial charge on any atom is 0.234 e. The highest BCUT2D eigenvalue weighted by molar-refractivity contribution is 8.01. The maximum absolute atomic E-state index is 12.1. The Labute approximate surface area is 158 Å². The van der Waals surface area contributed by atoms with Gasteiger partial charge in [0, 0.05) is 16.4 Å². The minimum absolute atomic E-state index is 0.108. The molecule has 1 amide bonds. The highest BCUT2D eigenvalue weighted by Gasteiger charge is 2.10. The Kier molecular flexibility index (Phi) is 5.91. The molecule has 8 heteroatoms. The van der Waals surface area contributed by atoms with Crippen LogP contribution in [0.5, 0.6) is 0 Å². The highest BCUT2D eigenvalue weighted by Crippen LogP contribution is 2.28. The van der Waals surface area contributed by atoms with E-state index < -0.39 is 0 Å². The molecule has 0 atom stereocenters. The summed E-state index contributed by atoms with van der Waals surface area (Å²) in [6.45, 7) is 1.87. The van der Waals surface area contributed by atoms with Gasteiger partial charge in [-0.05, 0) is 36.8 Å². The normalized spacial score (nSPS) is 10.5. The van der Waals surface area contributed by atoms with Gasteiger partial charge >= 0.3 is 0 Å². The lowest BCUT2D eigenvalue weighted by Gasteiger charge is -2.08. The molecule has 3 rings (SSSR count). The summed E-state index contributed by atoms with van der Waals surface area (Å²) in [4.78, 5) is 12.1. The van der Waals surface area contributed by atoms with Crippen molar-refractivity contribution < 1.29 is 4.79 Å². The van der Waals surface area contributed by atoms with Gasteiger partial charge in [-0.15, -0.1) is 10.2 Å². The lowest BCUT2D eigenvalue weighted by Crippen LogP contribution is -2.14. The largest absolute Gasteiger partial charge is 0.330 e. The first-order valence-electron chi connectivity index (χ1n) is 7.45. The first-order chi connectivity index (χ1) is 12.1. The molecule has 0 aliphatic carbocycles. The fraction of sp³-hybridized carbons (Fsp3) is 0.118. The average molecular weight is 391 g/mol. The van der Waals surface area contributed by atoms with Gasteiger partial charge in [0.2, 0.25) is 11.0 Å². The standard InChI is InChI=1S/C17H15ClN4OS2/c1-11-13(18)8-5-9-14(11)20-15(23)10-24-17-22-21-16(25-17)19-12-6-3-2-4-7-12/h2-9H,10H2,1H3,(H,19,21)(H,20,23). The number of hydrogen-bond donors (Lipinski definition) is 2. The van der Waals surface area contributed by atoms with Gasteiger partial charge in [-0.2, -0.15) is 0 Å². The second-order valence-corrected chi connectivity index (χ2v) is 7.72. The van der Waals surface area contributed by atoms with E-state index >= 15 is 0 Å². The van der Waals surface area contributed by atoms with Crippen molar-refractivity contribution >= 4 is 57.1 Å². The van der Waals surface area contributed by atoms with E-state index in [2.05, 4.69) is 20.8 Å². The Morgan fingerprint density at radius 3 is 2.76 bits per heavy atom. The second kappa shape index (κ2) is 8.33. The van der Waals surface area contributed by atoms with Gasteiger partial charge in [0.05, 0.1) is 5.75 Å². The minimum atomic E-state index is -0.108. The van der Waals surface area contributed by atoms with E-state index in [0.29, 0.717) is 10.2 Å². The Balaban J connectivity index is 1.53. The maximum atomic E-state index is 12.1. The molecule has 0 spiro atoms. The number of aromatic nitrogens is 2. The third-order valence-corrected chi connectivity index (χ3v) is 5.68. The molecular formula is C17H15ClN4OS2. The number of nitrogens with zero attached hydrogens (tertiary/aromatic N) is 2. The van der Waals surface area contributed by atoms with E-state index in [9.17, 15) is 4.79 Å². The van der Waals surface area contributed by atoms with E-state index in [1.54, 1.807) is 6.07 Å². The molecule has 0 bridgehead atoms. The van der Waals surface area contributed by atoms with E-state index in [4.69, 9.17) is 11.6 Å². The summed E-state index contributed by atoms with van der Waals surface area (Å²) in [6, 6.07) is 15.2. The molecule has 0 saturated carbocycles. The zero-order chi connectivity index (χ0) is 17.6. The number of hydrogen-bond acceptors (Lipinski definition) is 6. The third-order valence-electron chi connectivity index (χ3n) is 3.30. The number of amides is 1. The number of nitrogens with one attached hydrogen (secondary N) is 2. The van der Waals surface area contributed by atoms with Gasteiger partial charge in [-0.1, -0.05) is 59.0 Å². The number of rotatable bonds is 6. The summed E-state index contributed by atoms with van der Waals surface area (Å²) >= 11 is 8.82. The van der Waals surface area contributed by atoms with Crippen molar-refractivity contribution in [2.45, 2.75) is 11.3 Å². The number of halogens is 1. The molecule has 0 aliphatic heterocycles. The lowest BCUT2D eigenvalue weighted by atomic mass is 10.2. The molecule has 3 aromatic rings. The number of carbonyl (C=O) groups excluding carboxylic acids is 1. The molecule has 2 N–H and O–H groups in total. The molecule has 5 nitrogen and oxygen atoms in total. The minimum Gasteiger partial charge on any atom is -0.330 e. The molecule has 2 aromatic carbocycles. The average Bonchev–Trinajstić information content (AvgIpc) is 3.05. The number of thioether (sulfide) groups is 1. The van der Waals surface area contributed by atoms with Crippen LogP contribution in [0.1, 0.15) is 5.56 Å². The zero-order valence-electron chi connectivity index (χ0n) is 13.3. The van der Waals surface area contributed by atoms with Crippen LogP contribution < -0.4 is 10.6 Å². The van der Waals surface area contributed by atoms with Crippen LogP contribution in [0.2, 0.25) is 5.02 Å². The monoisotopic (exact) mass is 390 g/mol. The molecular weight excluding hydrogens is 376 g/mol. The summed E-state index contributed by atoms with van der Waals surface area (Å²) < 4.78 is 0.733. The van der Waals surface area contributed by atoms with Gasteiger partial charge in [-0.3, -0.25) is 4.79 Å². The predicted molar refractivity (Wildman–Crippen MR) is 105 cm³/mol. The SMILES string of the molecule is Cc1c(Cl)cccc1NC(=O)CSc1nnc(Nc2ccccc2)s1. The van der Waals surface area contributed by atoms with Gasteiger partial charge < -0.3 is 10.6 Å². The first kappa shape index (κ1) is 17.7. The van der Waals surface area contributed by atoms with Gasteiger partial charge in [-0.25, -0.2) is 0 Å². The van der Waals surface area contributed by atoms with Crippen molar-refractivity contribution in [1.29, 1.82) is 0 Å². The van der Waals surface area contributed by atoms with Crippen LogP contribution in [0, 0.1) is 6.92 Å². The summed E-state index contributed by atoms with van der Waals surface area (Å²) in [6.07, 6.45) is 0. The van der Waals surface area contributed by atoms with Crippen LogP contribution in [0.15, 0.2) is 52.9 Å². The Morgan fingerprint density at radius 2 is 1.96 bits per heavy atom. The fourth-order valence-electron chi connectivity index (χ4n) is 2.02. The second-order valence-electron chi connectivity index (χ2n) is 5.11. The Bertz CT molecular complexity index is 870. The zero-order valence-corrected chi connectivity index (χ0v) is 15.7. The van der Waals surface area contributed by atoms with Crippen molar-refractivity contribution in [3.05, 3.63) is 59.1 Å². The molecule has 25 heavy (non-hydrogen) atoms. The molecule has 0 unspecified atom stereocenters. The summed E-state index contributed by atoms with van der Waals surface area (Å²) in [5.41, 5.74) is 2.53. The van der Waals surface area contributed by atoms with Crippen LogP contribution >= 0.6 is 34.7 Å². The molecule has 0 fully saturated rings. The molecule has 0 aliphatic rings. The van der Waals surface area contributed by atoms with E-state index in [1.807, 2.05) is 49.4 Å². The summed E-state index contributed by atoms with van der Waals surface area (Å²) in [5.74, 6) is 0.148. The van der Waals surface area contributed by atoms with Crippen LogP contribution in [-0.2, 0) is 4.79 Å². The topological polar surface area (TPSA) is 66.9 Å². The summed E-state index contributed by atoms with van der Waals surface area (Å²) in [5, 5.41) is 15.5. The smallest absolute Gasteiger partial charge is 0.234 e. The van der Waals surface area contributed by atoms with Crippen LogP contribution in [0.25, 0.3) is 0 Å². The fourth-order valence-corrected chi connectivity index (χ4v) is 3.77. The third kappa shape index (κ3) is 4.94. The van der Waals surface area contributed by atoms with Crippen molar-refractivity contribution in [2.75, 3.05) is 16.4 Å². The Morgan fingerprint density at radius 1 is 1.16 bits per heavy atom. The Hall–Kier alpha value is -2.09. The van der Waals surface area contributed by atoms with Crippen molar-refractivity contribution in [2.24, 2.45) is 0 Å². The van der Waals surface area contributed by atoms with Gasteiger partial charge in [0.1, 0.15) is 0 Å². The molecule has 0 saturated heterocycles. The van der Waals surface area contributed by atoms with Crippen LogP contribution in [0.3, 0.4) is 0 Å². The lowest BCUT2D eigenvalue weighted by molar-refractivity contribution is -0.113. The van der Waals surface area contributed by atoms with Crippen LogP contribution in [-0.4, -0.2) is 21.9 Å². The number of carbonyl (C=O) groups is 1. The molecule has 0 radical (unpaired) electrons.